The highest BCUT2D eigenvalue weighted by atomic mass is 19.4. The predicted molar refractivity (Wildman–Crippen MR) is 83.2 cm³/mol. The van der Waals surface area contributed by atoms with E-state index in [1.165, 1.54) is 4.90 Å². The van der Waals surface area contributed by atoms with Crippen LogP contribution in [0.15, 0.2) is 24.7 Å². The first-order chi connectivity index (χ1) is 11.5. The van der Waals surface area contributed by atoms with E-state index in [9.17, 15) is 13.2 Å². The van der Waals surface area contributed by atoms with Crippen molar-refractivity contribution in [2.24, 2.45) is 5.92 Å². The molecule has 0 aromatic carbocycles. The Morgan fingerprint density at radius 2 is 2.00 bits per heavy atom. The molecule has 1 fully saturated rings. The maximum Gasteiger partial charge on any atom is 0.401 e. The molecule has 2 aromatic heterocycles. The van der Waals surface area contributed by atoms with E-state index in [2.05, 4.69) is 19.9 Å². The van der Waals surface area contributed by atoms with Gasteiger partial charge in [0.25, 0.3) is 0 Å². The normalized spacial score (nSPS) is 19.5. The van der Waals surface area contributed by atoms with Crippen molar-refractivity contribution < 1.29 is 13.2 Å². The van der Waals surface area contributed by atoms with Gasteiger partial charge in [-0.25, -0.2) is 15.0 Å². The van der Waals surface area contributed by atoms with Gasteiger partial charge < -0.3 is 4.98 Å². The number of hydrogen-bond donors (Lipinski definition) is 1. The number of hydrogen-bond acceptors (Lipinski definition) is 4. The average molecular weight is 339 g/mol. The van der Waals surface area contributed by atoms with Crippen LogP contribution < -0.4 is 0 Å². The number of rotatable bonds is 5. The molecule has 0 saturated carbocycles. The zero-order chi connectivity index (χ0) is 17.0. The van der Waals surface area contributed by atoms with Crippen molar-refractivity contribution in [1.29, 1.82) is 0 Å². The summed E-state index contributed by atoms with van der Waals surface area (Å²) in [5.41, 5.74) is 0.757. The summed E-state index contributed by atoms with van der Waals surface area (Å²) in [6.07, 6.45) is 4.26. The summed E-state index contributed by atoms with van der Waals surface area (Å²) in [4.78, 5) is 17.3. The van der Waals surface area contributed by atoms with E-state index in [1.807, 2.05) is 0 Å². The molecular weight excluding hydrogens is 319 g/mol. The maximum atomic E-state index is 12.5. The number of aryl methyl sites for hydroxylation is 1. The van der Waals surface area contributed by atoms with Gasteiger partial charge in [-0.2, -0.15) is 13.2 Å². The fourth-order valence-corrected chi connectivity index (χ4v) is 3.17. The highest BCUT2D eigenvalue weighted by Crippen LogP contribution is 2.25. The Bertz CT molecular complexity index is 641. The van der Waals surface area contributed by atoms with Crippen molar-refractivity contribution in [3.8, 4) is 11.5 Å². The number of halogens is 3. The molecule has 5 nitrogen and oxygen atoms in total. The van der Waals surface area contributed by atoms with E-state index in [1.54, 1.807) is 24.7 Å². The van der Waals surface area contributed by atoms with Crippen molar-refractivity contribution >= 4 is 0 Å². The lowest BCUT2D eigenvalue weighted by molar-refractivity contribution is -0.149. The molecule has 8 heteroatoms. The van der Waals surface area contributed by atoms with Crippen molar-refractivity contribution in [2.45, 2.75) is 31.9 Å². The zero-order valence-corrected chi connectivity index (χ0v) is 13.3. The summed E-state index contributed by atoms with van der Waals surface area (Å²) in [6, 6.07) is 1.75. The number of nitrogens with zero attached hydrogens (tertiary/aromatic N) is 4. The largest absolute Gasteiger partial charge is 0.401 e. The van der Waals surface area contributed by atoms with Gasteiger partial charge in [-0.05, 0) is 37.8 Å². The van der Waals surface area contributed by atoms with Crippen molar-refractivity contribution in [2.75, 3.05) is 19.6 Å². The van der Waals surface area contributed by atoms with Gasteiger partial charge in [-0.1, -0.05) is 0 Å². The van der Waals surface area contributed by atoms with Gasteiger partial charge in [0, 0.05) is 25.4 Å². The van der Waals surface area contributed by atoms with Crippen LogP contribution in [0.4, 0.5) is 13.2 Å². The first kappa shape index (κ1) is 16.9. The number of aromatic amines is 1. The number of alkyl halides is 3. The van der Waals surface area contributed by atoms with E-state index in [0.717, 1.165) is 37.2 Å². The quantitative estimate of drug-likeness (QED) is 0.909. The van der Waals surface area contributed by atoms with Crippen molar-refractivity contribution in [3.05, 3.63) is 30.5 Å². The molecule has 24 heavy (non-hydrogen) atoms. The summed E-state index contributed by atoms with van der Waals surface area (Å²) in [6.45, 7) is 0.237. The van der Waals surface area contributed by atoms with Gasteiger partial charge in [-0.15, -0.1) is 0 Å². The average Bonchev–Trinajstić information content (AvgIpc) is 3.01. The Morgan fingerprint density at radius 1 is 1.21 bits per heavy atom. The topological polar surface area (TPSA) is 57.7 Å². The van der Waals surface area contributed by atoms with E-state index >= 15 is 0 Å². The molecule has 0 spiro atoms. The molecule has 1 N–H and O–H groups in total. The molecule has 1 aliphatic rings. The van der Waals surface area contributed by atoms with E-state index in [4.69, 9.17) is 0 Å². The molecule has 0 aliphatic carbocycles. The molecule has 3 heterocycles. The third kappa shape index (κ3) is 4.77. The molecule has 1 unspecified atom stereocenters. The first-order valence-electron chi connectivity index (χ1n) is 8.10. The summed E-state index contributed by atoms with van der Waals surface area (Å²) in [5.74, 6) is 1.69. The molecule has 0 bridgehead atoms. The Labute approximate surface area is 138 Å². The number of nitrogens with one attached hydrogen (secondary N) is 1. The number of likely N-dealkylation sites (tertiary alicyclic amines) is 1. The van der Waals surface area contributed by atoms with Gasteiger partial charge in [0.05, 0.1) is 12.7 Å². The smallest absolute Gasteiger partial charge is 0.339 e. The molecule has 2 aromatic rings. The fraction of sp³-hybridized carbons (Fsp3) is 0.562. The molecule has 0 amide bonds. The summed E-state index contributed by atoms with van der Waals surface area (Å²) >= 11 is 0. The second-order valence-corrected chi connectivity index (χ2v) is 6.21. The molecular formula is C16H20F3N5. The van der Waals surface area contributed by atoms with Crippen LogP contribution in [0.5, 0.6) is 0 Å². The molecule has 1 saturated heterocycles. The highest BCUT2D eigenvalue weighted by Gasteiger charge is 2.32. The molecule has 3 rings (SSSR count). The van der Waals surface area contributed by atoms with Crippen LogP contribution in [-0.4, -0.2) is 50.6 Å². The third-order valence-electron chi connectivity index (χ3n) is 4.23. The van der Waals surface area contributed by atoms with Crippen molar-refractivity contribution in [1.82, 2.24) is 24.8 Å². The number of imidazole rings is 1. The van der Waals surface area contributed by atoms with Gasteiger partial charge in [0.2, 0.25) is 0 Å². The fourth-order valence-electron chi connectivity index (χ4n) is 3.17. The van der Waals surface area contributed by atoms with Gasteiger partial charge >= 0.3 is 6.18 Å². The minimum atomic E-state index is -4.12. The van der Waals surface area contributed by atoms with Crippen LogP contribution >= 0.6 is 0 Å². The minimum Gasteiger partial charge on any atom is -0.339 e. The van der Waals surface area contributed by atoms with Crippen LogP contribution in [0.1, 0.15) is 25.1 Å². The van der Waals surface area contributed by atoms with Gasteiger partial charge in [-0.3, -0.25) is 4.90 Å². The van der Waals surface area contributed by atoms with Crippen LogP contribution in [0.25, 0.3) is 11.5 Å². The van der Waals surface area contributed by atoms with Crippen LogP contribution in [0, 0.1) is 5.92 Å². The predicted octanol–water partition coefficient (Wildman–Crippen LogP) is 3.07. The molecule has 1 aliphatic heterocycles. The molecule has 0 radical (unpaired) electrons. The van der Waals surface area contributed by atoms with Crippen LogP contribution in [0.2, 0.25) is 0 Å². The van der Waals surface area contributed by atoms with Crippen molar-refractivity contribution in [3.63, 3.8) is 0 Å². The van der Waals surface area contributed by atoms with Crippen LogP contribution in [0.3, 0.4) is 0 Å². The second-order valence-electron chi connectivity index (χ2n) is 6.21. The van der Waals surface area contributed by atoms with Crippen LogP contribution in [-0.2, 0) is 6.42 Å². The van der Waals surface area contributed by atoms with E-state index in [0.29, 0.717) is 18.9 Å². The monoisotopic (exact) mass is 339 g/mol. The lowest BCUT2D eigenvalue weighted by Crippen LogP contribution is -2.41. The third-order valence-corrected chi connectivity index (χ3v) is 4.23. The first-order valence-corrected chi connectivity index (χ1v) is 8.10. The Hall–Kier alpha value is -1.96. The lowest BCUT2D eigenvalue weighted by Gasteiger charge is -2.33. The second kappa shape index (κ2) is 7.29. The lowest BCUT2D eigenvalue weighted by atomic mass is 9.93. The maximum absolute atomic E-state index is 12.5. The Kier molecular flexibility index (Phi) is 5.13. The number of piperidine rings is 1. The highest BCUT2D eigenvalue weighted by molar-refractivity contribution is 5.46. The van der Waals surface area contributed by atoms with E-state index in [-0.39, 0.29) is 5.92 Å². The van der Waals surface area contributed by atoms with E-state index < -0.39 is 12.7 Å². The molecule has 130 valence electrons. The number of H-pyrrole nitrogens is 1. The summed E-state index contributed by atoms with van der Waals surface area (Å²) in [5, 5.41) is 0. The zero-order valence-electron chi connectivity index (χ0n) is 13.3. The summed E-state index contributed by atoms with van der Waals surface area (Å²) < 4.78 is 37.5. The Morgan fingerprint density at radius 3 is 2.75 bits per heavy atom. The van der Waals surface area contributed by atoms with Gasteiger partial charge in [0.1, 0.15) is 11.5 Å². The summed E-state index contributed by atoms with van der Waals surface area (Å²) in [7, 11) is 0. The van der Waals surface area contributed by atoms with Gasteiger partial charge in [0.15, 0.2) is 5.82 Å². The minimum absolute atomic E-state index is 0.280. The Balaban J connectivity index is 1.52. The SMILES string of the molecule is FC(F)(F)CN1CCCC(CCc2ncc(-c3ncccn3)[nH]2)C1. The standard InChI is InChI=1S/C16H20F3N5/c17-16(18,19)11-24-8-1-3-12(10-24)4-5-14-22-9-13(23-14)15-20-6-2-7-21-15/h2,6-7,9,12H,1,3-5,8,10-11H2,(H,22,23). The number of aromatic nitrogens is 4. The molecule has 1 atom stereocenters.